The Hall–Kier alpha value is -2.27. The van der Waals surface area contributed by atoms with Crippen molar-refractivity contribution in [3.05, 3.63) is 54.1 Å². The van der Waals surface area contributed by atoms with Crippen molar-refractivity contribution in [3.8, 4) is 0 Å². The third-order valence-electron chi connectivity index (χ3n) is 3.70. The van der Waals surface area contributed by atoms with E-state index in [1.54, 1.807) is 0 Å². The quantitative estimate of drug-likeness (QED) is 0.725. The van der Waals surface area contributed by atoms with E-state index in [4.69, 9.17) is 0 Å². The first kappa shape index (κ1) is 19.1. The molecule has 1 atom stereocenters. The molecule has 0 spiro atoms. The molecule has 2 aromatic carbocycles. The summed E-state index contributed by atoms with van der Waals surface area (Å²) in [6.45, 7) is 7.59. The molecule has 0 saturated carbocycles. The van der Waals surface area contributed by atoms with Crippen LogP contribution in [0.1, 0.15) is 39.2 Å². The Morgan fingerprint density at radius 1 is 0.920 bits per heavy atom. The van der Waals surface area contributed by atoms with Gasteiger partial charge in [0.25, 0.3) is 0 Å². The molecule has 0 aromatic heterocycles. The number of hydrogen-bond donors (Lipinski definition) is 2. The van der Waals surface area contributed by atoms with Gasteiger partial charge in [-0.25, -0.2) is 0 Å². The van der Waals surface area contributed by atoms with Crippen molar-refractivity contribution in [3.63, 3.8) is 0 Å². The Morgan fingerprint density at radius 3 is 2.16 bits per heavy atom. The van der Waals surface area contributed by atoms with Crippen molar-refractivity contribution in [1.29, 1.82) is 0 Å². The molecule has 4 nitrogen and oxygen atoms in total. The summed E-state index contributed by atoms with van der Waals surface area (Å²) < 4.78 is 0. The number of carbonyl (C=O) groups excluding carboxylic acids is 2. The number of hydrogen-bond acceptors (Lipinski definition) is 3. The molecule has 0 aliphatic heterocycles. The van der Waals surface area contributed by atoms with Crippen LogP contribution in [0.15, 0.2) is 53.4 Å². The van der Waals surface area contributed by atoms with Crippen molar-refractivity contribution >= 4 is 35.0 Å². The van der Waals surface area contributed by atoms with E-state index in [-0.39, 0.29) is 17.1 Å². The number of para-hydroxylation sites is 1. The Balaban J connectivity index is 2.00. The molecule has 132 valence electrons. The van der Waals surface area contributed by atoms with Crippen molar-refractivity contribution in [2.24, 2.45) is 0 Å². The number of amides is 2. The van der Waals surface area contributed by atoms with Gasteiger partial charge in [0.2, 0.25) is 11.8 Å². The number of anilines is 2. The van der Waals surface area contributed by atoms with Crippen LogP contribution in [0.2, 0.25) is 0 Å². The second-order valence-electron chi connectivity index (χ2n) is 6.20. The van der Waals surface area contributed by atoms with Crippen LogP contribution in [0, 0.1) is 0 Å². The average molecular weight is 356 g/mol. The van der Waals surface area contributed by atoms with Crippen molar-refractivity contribution < 1.29 is 9.59 Å². The third-order valence-corrected chi connectivity index (χ3v) is 4.81. The van der Waals surface area contributed by atoms with Crippen LogP contribution >= 0.6 is 11.8 Å². The maximum Gasteiger partial charge on any atom is 0.237 e. The third kappa shape index (κ3) is 5.64. The molecular formula is C20H24N2O2S. The molecule has 0 radical (unpaired) electrons. The maximum atomic E-state index is 12.5. The minimum absolute atomic E-state index is 0.0240. The van der Waals surface area contributed by atoms with Gasteiger partial charge >= 0.3 is 0 Å². The Kier molecular flexibility index (Phi) is 6.65. The predicted molar refractivity (Wildman–Crippen MR) is 105 cm³/mol. The SMILES string of the molecule is CC(=O)Nc1ccc(S[C@H](C)C(=O)Nc2ccccc2C(C)C)cc1. The molecular weight excluding hydrogens is 332 g/mol. The van der Waals surface area contributed by atoms with Gasteiger partial charge < -0.3 is 10.6 Å². The standard InChI is InChI=1S/C20H24N2O2S/c1-13(2)18-7-5-6-8-19(18)22-20(24)14(3)25-17-11-9-16(10-12-17)21-15(4)23/h5-14H,1-4H3,(H,21,23)(H,22,24)/t14-/m1/s1. The summed E-state index contributed by atoms with van der Waals surface area (Å²) in [5.41, 5.74) is 2.75. The predicted octanol–water partition coefficient (Wildman–Crippen LogP) is 4.89. The molecule has 2 rings (SSSR count). The van der Waals surface area contributed by atoms with Gasteiger partial charge in [-0.15, -0.1) is 11.8 Å². The molecule has 0 fully saturated rings. The highest BCUT2D eigenvalue weighted by Gasteiger charge is 2.16. The summed E-state index contributed by atoms with van der Waals surface area (Å²) in [6, 6.07) is 15.4. The fourth-order valence-electron chi connectivity index (χ4n) is 2.43. The smallest absolute Gasteiger partial charge is 0.237 e. The first-order valence-electron chi connectivity index (χ1n) is 8.31. The van der Waals surface area contributed by atoms with Crippen LogP contribution in [-0.4, -0.2) is 17.1 Å². The van der Waals surface area contributed by atoms with Gasteiger partial charge in [-0.1, -0.05) is 32.0 Å². The van der Waals surface area contributed by atoms with Crippen LogP contribution in [-0.2, 0) is 9.59 Å². The van der Waals surface area contributed by atoms with Crippen LogP contribution in [0.25, 0.3) is 0 Å². The van der Waals surface area contributed by atoms with E-state index in [0.717, 1.165) is 21.8 Å². The molecule has 2 amide bonds. The molecule has 0 unspecified atom stereocenters. The van der Waals surface area contributed by atoms with Crippen molar-refractivity contribution in [1.82, 2.24) is 0 Å². The van der Waals surface area contributed by atoms with E-state index in [0.29, 0.717) is 5.92 Å². The molecule has 2 aromatic rings. The highest BCUT2D eigenvalue weighted by molar-refractivity contribution is 8.00. The first-order valence-corrected chi connectivity index (χ1v) is 9.19. The zero-order valence-corrected chi connectivity index (χ0v) is 15.8. The van der Waals surface area contributed by atoms with Gasteiger partial charge in [0.15, 0.2) is 0 Å². The molecule has 0 bridgehead atoms. The monoisotopic (exact) mass is 356 g/mol. The van der Waals surface area contributed by atoms with Crippen molar-refractivity contribution in [2.75, 3.05) is 10.6 Å². The summed E-state index contributed by atoms with van der Waals surface area (Å²) in [5.74, 6) is 0.224. The molecule has 0 aliphatic carbocycles. The number of nitrogens with one attached hydrogen (secondary N) is 2. The first-order chi connectivity index (χ1) is 11.9. The van der Waals surface area contributed by atoms with Crippen LogP contribution in [0.5, 0.6) is 0 Å². The summed E-state index contributed by atoms with van der Waals surface area (Å²) in [7, 11) is 0. The van der Waals surface area contributed by atoms with E-state index in [2.05, 4.69) is 24.5 Å². The maximum absolute atomic E-state index is 12.5. The molecule has 0 aliphatic rings. The van der Waals surface area contributed by atoms with Gasteiger partial charge in [0, 0.05) is 23.2 Å². The lowest BCUT2D eigenvalue weighted by Crippen LogP contribution is -2.23. The average Bonchev–Trinajstić information content (AvgIpc) is 2.56. The van der Waals surface area contributed by atoms with E-state index in [1.807, 2.05) is 55.5 Å². The Labute approximate surface area is 153 Å². The van der Waals surface area contributed by atoms with Gasteiger partial charge in [-0.2, -0.15) is 0 Å². The largest absolute Gasteiger partial charge is 0.326 e. The van der Waals surface area contributed by atoms with Gasteiger partial charge in [-0.3, -0.25) is 9.59 Å². The molecule has 25 heavy (non-hydrogen) atoms. The van der Waals surface area contributed by atoms with Gasteiger partial charge in [-0.05, 0) is 48.7 Å². The van der Waals surface area contributed by atoms with Crippen LogP contribution in [0.4, 0.5) is 11.4 Å². The minimum Gasteiger partial charge on any atom is -0.326 e. The lowest BCUT2D eigenvalue weighted by atomic mass is 10.0. The Bertz CT molecular complexity index is 742. The number of benzene rings is 2. The summed E-state index contributed by atoms with van der Waals surface area (Å²) in [6.07, 6.45) is 0. The molecule has 5 heteroatoms. The van der Waals surface area contributed by atoms with E-state index in [1.165, 1.54) is 18.7 Å². The second kappa shape index (κ2) is 8.72. The van der Waals surface area contributed by atoms with Gasteiger partial charge in [0.1, 0.15) is 0 Å². The highest BCUT2D eigenvalue weighted by Crippen LogP contribution is 2.28. The normalized spacial score (nSPS) is 11.9. The fourth-order valence-corrected chi connectivity index (χ4v) is 3.29. The fraction of sp³-hybridized carbons (Fsp3) is 0.300. The lowest BCUT2D eigenvalue weighted by Gasteiger charge is -2.16. The second-order valence-corrected chi connectivity index (χ2v) is 7.61. The zero-order chi connectivity index (χ0) is 18.4. The molecule has 0 saturated heterocycles. The molecule has 2 N–H and O–H groups in total. The molecule has 0 heterocycles. The minimum atomic E-state index is -0.230. The van der Waals surface area contributed by atoms with Crippen LogP contribution in [0.3, 0.4) is 0 Å². The van der Waals surface area contributed by atoms with Gasteiger partial charge in [0.05, 0.1) is 5.25 Å². The number of thioether (sulfide) groups is 1. The number of rotatable bonds is 6. The highest BCUT2D eigenvalue weighted by atomic mass is 32.2. The topological polar surface area (TPSA) is 58.2 Å². The Morgan fingerprint density at radius 2 is 1.56 bits per heavy atom. The number of carbonyl (C=O) groups is 2. The summed E-state index contributed by atoms with van der Waals surface area (Å²) in [4.78, 5) is 24.5. The zero-order valence-electron chi connectivity index (χ0n) is 15.0. The summed E-state index contributed by atoms with van der Waals surface area (Å²) >= 11 is 1.49. The van der Waals surface area contributed by atoms with Crippen LogP contribution < -0.4 is 10.6 Å². The van der Waals surface area contributed by atoms with E-state index >= 15 is 0 Å². The van der Waals surface area contributed by atoms with E-state index in [9.17, 15) is 9.59 Å². The van der Waals surface area contributed by atoms with Crippen molar-refractivity contribution in [2.45, 2.75) is 43.8 Å². The van der Waals surface area contributed by atoms with E-state index < -0.39 is 0 Å². The summed E-state index contributed by atoms with van der Waals surface area (Å²) in [5, 5.41) is 5.53. The lowest BCUT2D eigenvalue weighted by molar-refractivity contribution is -0.115.